The van der Waals surface area contributed by atoms with Crippen molar-refractivity contribution in [1.29, 1.82) is 0 Å². The molecular weight excluding hydrogens is 318 g/mol. The van der Waals surface area contributed by atoms with Crippen LogP contribution in [0.1, 0.15) is 38.5 Å². The molecule has 0 unspecified atom stereocenters. The first-order valence-corrected chi connectivity index (χ1v) is 8.33. The highest BCUT2D eigenvalue weighted by Crippen LogP contribution is 2.22. The Kier molecular flexibility index (Phi) is 4.70. The maximum atomic E-state index is 12.2. The summed E-state index contributed by atoms with van der Waals surface area (Å²) in [5.74, 6) is -0.821. The van der Waals surface area contributed by atoms with E-state index < -0.39 is 0 Å². The number of carbonyl (C=O) groups excluding carboxylic acids is 3. The van der Waals surface area contributed by atoms with Gasteiger partial charge in [-0.1, -0.05) is 12.1 Å². The van der Waals surface area contributed by atoms with Crippen LogP contribution in [0.3, 0.4) is 0 Å². The van der Waals surface area contributed by atoms with Crippen molar-refractivity contribution in [2.24, 2.45) is 0 Å². The highest BCUT2D eigenvalue weighted by atomic mass is 16.2. The molecule has 0 radical (unpaired) electrons. The number of fused-ring (bicyclic) bond motifs is 1. The van der Waals surface area contributed by atoms with Crippen molar-refractivity contribution < 1.29 is 14.4 Å². The van der Waals surface area contributed by atoms with Crippen molar-refractivity contribution in [3.8, 4) is 0 Å². The van der Waals surface area contributed by atoms with Gasteiger partial charge in [-0.2, -0.15) is 0 Å². The number of rotatable bonds is 6. The fraction of sp³-hybridized carbons (Fsp3) is 0.316. The number of imide groups is 1. The molecule has 1 aliphatic rings. The van der Waals surface area contributed by atoms with Gasteiger partial charge in [0.25, 0.3) is 11.8 Å². The van der Waals surface area contributed by atoms with E-state index >= 15 is 0 Å². The fourth-order valence-corrected chi connectivity index (χ4v) is 3.10. The summed E-state index contributed by atoms with van der Waals surface area (Å²) in [6, 6.07) is 10.8. The zero-order valence-electron chi connectivity index (χ0n) is 14.4. The van der Waals surface area contributed by atoms with Gasteiger partial charge in [0.1, 0.15) is 0 Å². The summed E-state index contributed by atoms with van der Waals surface area (Å²) in [6.45, 7) is 5.36. The Bertz CT molecular complexity index is 784. The molecule has 1 N–H and O–H groups in total. The smallest absolute Gasteiger partial charge is 0.261 e. The van der Waals surface area contributed by atoms with E-state index in [4.69, 9.17) is 0 Å². The van der Waals surface area contributed by atoms with Gasteiger partial charge in [-0.3, -0.25) is 19.3 Å². The van der Waals surface area contributed by atoms with Crippen LogP contribution in [0.5, 0.6) is 0 Å². The van der Waals surface area contributed by atoms with E-state index in [0.29, 0.717) is 24.2 Å². The van der Waals surface area contributed by atoms with Gasteiger partial charge in [0.05, 0.1) is 11.1 Å². The molecular formula is C19H21N3O3. The number of hydrogen-bond donors (Lipinski definition) is 1. The monoisotopic (exact) mass is 339 g/mol. The molecule has 0 spiro atoms. The zero-order valence-corrected chi connectivity index (χ0v) is 14.4. The molecule has 0 bridgehead atoms. The number of aryl methyl sites for hydroxylation is 2. The van der Waals surface area contributed by atoms with Crippen LogP contribution in [0.25, 0.3) is 0 Å². The average molecular weight is 339 g/mol. The predicted molar refractivity (Wildman–Crippen MR) is 93.3 cm³/mol. The SMILES string of the molecule is Cc1ccc(C)n1CCNC(=O)CCN1C(=O)c2ccccc2C1=O. The maximum Gasteiger partial charge on any atom is 0.261 e. The highest BCUT2D eigenvalue weighted by molar-refractivity contribution is 6.21. The Hall–Kier alpha value is -2.89. The Morgan fingerprint density at radius 2 is 1.48 bits per heavy atom. The molecule has 2 aromatic rings. The van der Waals surface area contributed by atoms with Gasteiger partial charge < -0.3 is 9.88 Å². The topological polar surface area (TPSA) is 71.4 Å². The lowest BCUT2D eigenvalue weighted by atomic mass is 10.1. The lowest BCUT2D eigenvalue weighted by molar-refractivity contribution is -0.121. The molecule has 6 heteroatoms. The molecule has 0 atom stereocenters. The summed E-state index contributed by atoms with van der Waals surface area (Å²) in [5, 5.41) is 2.84. The fourth-order valence-electron chi connectivity index (χ4n) is 3.10. The van der Waals surface area contributed by atoms with Crippen molar-refractivity contribution in [2.45, 2.75) is 26.8 Å². The molecule has 0 aliphatic carbocycles. The van der Waals surface area contributed by atoms with E-state index in [1.807, 2.05) is 26.0 Å². The quantitative estimate of drug-likeness (QED) is 0.817. The molecule has 1 aromatic heterocycles. The van der Waals surface area contributed by atoms with Crippen molar-refractivity contribution in [3.63, 3.8) is 0 Å². The summed E-state index contributed by atoms with van der Waals surface area (Å²) in [7, 11) is 0. The highest BCUT2D eigenvalue weighted by Gasteiger charge is 2.34. The minimum atomic E-state index is -0.327. The Balaban J connectivity index is 1.49. The minimum absolute atomic E-state index is 0.0970. The van der Waals surface area contributed by atoms with Gasteiger partial charge >= 0.3 is 0 Å². The number of benzene rings is 1. The predicted octanol–water partition coefficient (Wildman–Crippen LogP) is 1.91. The van der Waals surface area contributed by atoms with Gasteiger partial charge in [0, 0.05) is 37.4 Å². The lowest BCUT2D eigenvalue weighted by Crippen LogP contribution is -2.35. The first kappa shape index (κ1) is 17.0. The number of aromatic nitrogens is 1. The molecule has 1 aromatic carbocycles. The molecule has 3 rings (SSSR count). The summed E-state index contributed by atoms with van der Waals surface area (Å²) in [4.78, 5) is 37.6. The van der Waals surface area contributed by atoms with Gasteiger partial charge in [0.15, 0.2) is 0 Å². The third kappa shape index (κ3) is 3.33. The third-order valence-corrected chi connectivity index (χ3v) is 4.52. The number of carbonyl (C=O) groups is 3. The van der Waals surface area contributed by atoms with Crippen LogP contribution in [0.15, 0.2) is 36.4 Å². The van der Waals surface area contributed by atoms with Gasteiger partial charge in [-0.25, -0.2) is 0 Å². The molecule has 0 fully saturated rings. The van der Waals surface area contributed by atoms with Crippen LogP contribution in [-0.4, -0.2) is 40.3 Å². The second-order valence-corrected chi connectivity index (χ2v) is 6.18. The molecule has 25 heavy (non-hydrogen) atoms. The van der Waals surface area contributed by atoms with Crippen molar-refractivity contribution in [3.05, 3.63) is 58.9 Å². The largest absolute Gasteiger partial charge is 0.354 e. The van der Waals surface area contributed by atoms with E-state index in [-0.39, 0.29) is 30.7 Å². The summed E-state index contributed by atoms with van der Waals surface area (Å²) >= 11 is 0. The Labute approximate surface area is 146 Å². The second kappa shape index (κ2) is 6.93. The van der Waals surface area contributed by atoms with Crippen LogP contribution >= 0.6 is 0 Å². The molecule has 0 saturated heterocycles. The van der Waals surface area contributed by atoms with Crippen LogP contribution in [0, 0.1) is 13.8 Å². The number of nitrogens with one attached hydrogen (secondary N) is 1. The van der Waals surface area contributed by atoms with E-state index in [0.717, 1.165) is 16.3 Å². The van der Waals surface area contributed by atoms with E-state index in [1.54, 1.807) is 24.3 Å². The van der Waals surface area contributed by atoms with Gasteiger partial charge in [-0.05, 0) is 38.1 Å². The zero-order chi connectivity index (χ0) is 18.0. The first-order valence-electron chi connectivity index (χ1n) is 8.33. The van der Waals surface area contributed by atoms with Crippen LogP contribution in [0.2, 0.25) is 0 Å². The summed E-state index contributed by atoms with van der Waals surface area (Å²) < 4.78 is 2.13. The lowest BCUT2D eigenvalue weighted by Gasteiger charge is -2.14. The standard InChI is InChI=1S/C19H21N3O3/c1-13-7-8-14(2)21(13)12-10-20-17(23)9-11-22-18(24)15-5-3-4-6-16(15)19(22)25/h3-8H,9-12H2,1-2H3,(H,20,23). The van der Waals surface area contributed by atoms with Crippen molar-refractivity contribution in [2.75, 3.05) is 13.1 Å². The van der Waals surface area contributed by atoms with Crippen LogP contribution < -0.4 is 5.32 Å². The Morgan fingerprint density at radius 3 is 2.04 bits per heavy atom. The van der Waals surface area contributed by atoms with E-state index in [1.165, 1.54) is 0 Å². The molecule has 130 valence electrons. The van der Waals surface area contributed by atoms with E-state index in [9.17, 15) is 14.4 Å². The number of amides is 3. The van der Waals surface area contributed by atoms with Crippen molar-refractivity contribution >= 4 is 17.7 Å². The molecule has 1 aliphatic heterocycles. The molecule has 6 nitrogen and oxygen atoms in total. The summed E-state index contributed by atoms with van der Waals surface area (Å²) in [6.07, 6.45) is 0.106. The summed E-state index contributed by atoms with van der Waals surface area (Å²) in [5.41, 5.74) is 3.12. The number of hydrogen-bond acceptors (Lipinski definition) is 3. The first-order chi connectivity index (χ1) is 12.0. The van der Waals surface area contributed by atoms with Crippen molar-refractivity contribution in [1.82, 2.24) is 14.8 Å². The molecule has 0 saturated carbocycles. The number of nitrogens with zero attached hydrogens (tertiary/aromatic N) is 2. The second-order valence-electron chi connectivity index (χ2n) is 6.18. The van der Waals surface area contributed by atoms with E-state index in [2.05, 4.69) is 9.88 Å². The Morgan fingerprint density at radius 1 is 0.920 bits per heavy atom. The average Bonchev–Trinajstić information content (AvgIpc) is 3.05. The van der Waals surface area contributed by atoms with Crippen LogP contribution in [0.4, 0.5) is 0 Å². The minimum Gasteiger partial charge on any atom is -0.354 e. The normalized spacial score (nSPS) is 13.3. The maximum absolute atomic E-state index is 12.2. The van der Waals surface area contributed by atoms with Gasteiger partial charge in [-0.15, -0.1) is 0 Å². The van der Waals surface area contributed by atoms with Gasteiger partial charge in [0.2, 0.25) is 5.91 Å². The molecule has 2 heterocycles. The van der Waals surface area contributed by atoms with Crippen LogP contribution in [-0.2, 0) is 11.3 Å². The third-order valence-electron chi connectivity index (χ3n) is 4.52. The molecule has 3 amide bonds.